The summed E-state index contributed by atoms with van der Waals surface area (Å²) in [6.45, 7) is 6.15. The molecule has 0 radical (unpaired) electrons. The van der Waals surface area contributed by atoms with Gasteiger partial charge in [0.25, 0.3) is 5.91 Å². The van der Waals surface area contributed by atoms with Crippen LogP contribution in [0.1, 0.15) is 31.9 Å². The second-order valence-electron chi connectivity index (χ2n) is 6.77. The van der Waals surface area contributed by atoms with Crippen molar-refractivity contribution in [3.63, 3.8) is 0 Å². The van der Waals surface area contributed by atoms with Gasteiger partial charge in [0.1, 0.15) is 0 Å². The Hall–Kier alpha value is -2.71. The molecule has 26 heavy (non-hydrogen) atoms. The van der Waals surface area contributed by atoms with Crippen molar-refractivity contribution < 1.29 is 14.3 Å². The zero-order valence-corrected chi connectivity index (χ0v) is 16.0. The second kappa shape index (κ2) is 8.11. The first-order chi connectivity index (χ1) is 12.2. The van der Waals surface area contributed by atoms with Crippen LogP contribution in [0.25, 0.3) is 0 Å². The van der Waals surface area contributed by atoms with Gasteiger partial charge in [0.2, 0.25) is 0 Å². The number of carbonyl (C=O) groups excluding carboxylic acids is 1. The number of nitrogens with zero attached hydrogens (tertiary/aromatic N) is 1. The Labute approximate surface area is 158 Å². The number of nitrogens with one attached hydrogen (secondary N) is 1. The maximum atomic E-state index is 12.1. The fourth-order valence-electron chi connectivity index (χ4n) is 2.31. The summed E-state index contributed by atoms with van der Waals surface area (Å²) >= 11 is 6.11. The minimum Gasteiger partial charge on any atom is -0.493 e. The molecule has 1 N–H and O–H groups in total. The number of amides is 1. The van der Waals surface area contributed by atoms with Crippen LogP contribution in [0.5, 0.6) is 11.5 Å². The van der Waals surface area contributed by atoms with Gasteiger partial charge in [-0.2, -0.15) is 5.26 Å². The zero-order valence-electron chi connectivity index (χ0n) is 15.2. The molecule has 0 saturated carbocycles. The van der Waals surface area contributed by atoms with Gasteiger partial charge in [-0.25, -0.2) is 0 Å². The van der Waals surface area contributed by atoms with Crippen LogP contribution in [0.15, 0.2) is 36.4 Å². The van der Waals surface area contributed by atoms with Crippen LogP contribution < -0.4 is 14.8 Å². The smallest absolute Gasteiger partial charge is 0.262 e. The number of nitriles is 1. The number of anilines is 1. The summed E-state index contributed by atoms with van der Waals surface area (Å²) in [5, 5.41) is 11.9. The van der Waals surface area contributed by atoms with E-state index in [1.807, 2.05) is 30.3 Å². The van der Waals surface area contributed by atoms with E-state index >= 15 is 0 Å². The molecule has 2 aromatic carbocycles. The summed E-state index contributed by atoms with van der Waals surface area (Å²) in [7, 11) is 1.44. The van der Waals surface area contributed by atoms with Gasteiger partial charge in [-0.15, -0.1) is 0 Å². The van der Waals surface area contributed by atoms with Crippen molar-refractivity contribution in [2.24, 2.45) is 0 Å². The topological polar surface area (TPSA) is 71.3 Å². The van der Waals surface area contributed by atoms with Crippen LogP contribution in [0, 0.1) is 11.3 Å². The predicted octanol–water partition coefficient (Wildman–Crippen LogP) is 4.54. The highest BCUT2D eigenvalue weighted by molar-refractivity contribution is 6.32. The summed E-state index contributed by atoms with van der Waals surface area (Å²) in [5.41, 5.74) is 2.27. The lowest BCUT2D eigenvalue weighted by atomic mass is 9.87. The van der Waals surface area contributed by atoms with E-state index in [-0.39, 0.29) is 28.7 Å². The van der Waals surface area contributed by atoms with Crippen LogP contribution in [0.3, 0.4) is 0 Å². The Bertz CT molecular complexity index is 834. The molecule has 0 unspecified atom stereocenters. The lowest BCUT2D eigenvalue weighted by Gasteiger charge is -2.19. The van der Waals surface area contributed by atoms with Gasteiger partial charge in [0.15, 0.2) is 18.1 Å². The molecule has 136 valence electrons. The molecular formula is C20H21ClN2O3. The summed E-state index contributed by atoms with van der Waals surface area (Å²) in [5.74, 6) is 0.207. The third-order valence-corrected chi connectivity index (χ3v) is 4.02. The molecular weight excluding hydrogens is 352 g/mol. The van der Waals surface area contributed by atoms with Gasteiger partial charge in [-0.1, -0.05) is 44.5 Å². The first-order valence-corrected chi connectivity index (χ1v) is 8.43. The SMILES string of the molecule is COc1cc(C#N)cc(Cl)c1OCC(=O)Nc1ccc(C(C)(C)C)cc1. The first kappa shape index (κ1) is 19.6. The molecule has 0 atom stereocenters. The fraction of sp³-hybridized carbons (Fsp3) is 0.300. The monoisotopic (exact) mass is 372 g/mol. The van der Waals surface area contributed by atoms with Crippen LogP contribution in [0.2, 0.25) is 5.02 Å². The Kier molecular flexibility index (Phi) is 6.12. The molecule has 0 saturated heterocycles. The average molecular weight is 373 g/mol. The third kappa shape index (κ3) is 4.90. The third-order valence-electron chi connectivity index (χ3n) is 3.74. The number of benzene rings is 2. The lowest BCUT2D eigenvalue weighted by Crippen LogP contribution is -2.20. The van der Waals surface area contributed by atoms with E-state index in [2.05, 4.69) is 26.1 Å². The Morgan fingerprint density at radius 2 is 1.88 bits per heavy atom. The minimum absolute atomic E-state index is 0.0501. The van der Waals surface area contributed by atoms with E-state index < -0.39 is 0 Å². The number of carbonyl (C=O) groups is 1. The highest BCUT2D eigenvalue weighted by atomic mass is 35.5. The molecule has 6 heteroatoms. The molecule has 0 spiro atoms. The zero-order chi connectivity index (χ0) is 19.3. The van der Waals surface area contributed by atoms with Crippen molar-refractivity contribution in [3.05, 3.63) is 52.5 Å². The van der Waals surface area contributed by atoms with Crippen LogP contribution in [0.4, 0.5) is 5.69 Å². The Balaban J connectivity index is 2.02. The molecule has 0 bridgehead atoms. The normalized spacial score (nSPS) is 10.8. The maximum absolute atomic E-state index is 12.1. The number of halogens is 1. The first-order valence-electron chi connectivity index (χ1n) is 8.05. The molecule has 0 aliphatic carbocycles. The van der Waals surface area contributed by atoms with Crippen LogP contribution in [-0.4, -0.2) is 19.6 Å². The lowest BCUT2D eigenvalue weighted by molar-refractivity contribution is -0.118. The van der Waals surface area contributed by atoms with E-state index in [0.29, 0.717) is 17.0 Å². The molecule has 0 fully saturated rings. The van der Waals surface area contributed by atoms with Gasteiger partial charge in [-0.3, -0.25) is 4.79 Å². The quantitative estimate of drug-likeness (QED) is 0.836. The van der Waals surface area contributed by atoms with Crippen LogP contribution >= 0.6 is 11.6 Å². The van der Waals surface area contributed by atoms with Crippen molar-refractivity contribution in [1.82, 2.24) is 0 Å². The molecule has 2 rings (SSSR count). The van der Waals surface area contributed by atoms with Crippen molar-refractivity contribution >= 4 is 23.2 Å². The standard InChI is InChI=1S/C20H21ClN2O3/c1-20(2,3)14-5-7-15(8-6-14)23-18(24)12-26-19-16(21)9-13(11-22)10-17(19)25-4/h5-10H,12H2,1-4H3,(H,23,24). The highest BCUT2D eigenvalue weighted by Crippen LogP contribution is 2.36. The molecule has 1 amide bonds. The van der Waals surface area contributed by atoms with E-state index in [4.69, 9.17) is 26.3 Å². The molecule has 5 nitrogen and oxygen atoms in total. The second-order valence-corrected chi connectivity index (χ2v) is 7.17. The summed E-state index contributed by atoms with van der Waals surface area (Å²) in [6, 6.07) is 12.6. The van der Waals surface area contributed by atoms with Crippen molar-refractivity contribution in [2.75, 3.05) is 19.0 Å². The molecule has 0 heterocycles. The summed E-state index contributed by atoms with van der Waals surface area (Å²) in [6.07, 6.45) is 0. The number of hydrogen-bond donors (Lipinski definition) is 1. The van der Waals surface area contributed by atoms with Gasteiger partial charge in [0, 0.05) is 11.8 Å². The van der Waals surface area contributed by atoms with Gasteiger partial charge < -0.3 is 14.8 Å². The van der Waals surface area contributed by atoms with Gasteiger partial charge in [-0.05, 0) is 29.2 Å². The predicted molar refractivity (Wildman–Crippen MR) is 102 cm³/mol. The molecule has 0 aliphatic rings. The number of hydrogen-bond acceptors (Lipinski definition) is 4. The van der Waals surface area contributed by atoms with Crippen molar-refractivity contribution in [2.45, 2.75) is 26.2 Å². The van der Waals surface area contributed by atoms with E-state index in [0.717, 1.165) is 0 Å². The summed E-state index contributed by atoms with van der Waals surface area (Å²) < 4.78 is 10.7. The molecule has 0 aromatic heterocycles. The van der Waals surface area contributed by atoms with E-state index in [1.165, 1.54) is 24.8 Å². The van der Waals surface area contributed by atoms with E-state index in [1.54, 1.807) is 0 Å². The largest absolute Gasteiger partial charge is 0.493 e. The number of rotatable bonds is 5. The van der Waals surface area contributed by atoms with E-state index in [9.17, 15) is 4.79 Å². The number of ether oxygens (including phenoxy) is 2. The highest BCUT2D eigenvalue weighted by Gasteiger charge is 2.15. The van der Waals surface area contributed by atoms with Gasteiger partial charge in [0.05, 0.1) is 23.8 Å². The Morgan fingerprint density at radius 1 is 1.23 bits per heavy atom. The van der Waals surface area contributed by atoms with Crippen molar-refractivity contribution in [1.29, 1.82) is 5.26 Å². The number of methoxy groups -OCH3 is 1. The summed E-state index contributed by atoms with van der Waals surface area (Å²) in [4.78, 5) is 12.1. The molecule has 2 aromatic rings. The average Bonchev–Trinajstić information content (AvgIpc) is 2.59. The fourth-order valence-corrected chi connectivity index (χ4v) is 2.58. The minimum atomic E-state index is -0.323. The maximum Gasteiger partial charge on any atom is 0.262 e. The molecule has 0 aliphatic heterocycles. The van der Waals surface area contributed by atoms with Crippen LogP contribution in [-0.2, 0) is 10.2 Å². The van der Waals surface area contributed by atoms with Crippen molar-refractivity contribution in [3.8, 4) is 17.6 Å². The Morgan fingerprint density at radius 3 is 2.42 bits per heavy atom. The van der Waals surface area contributed by atoms with Gasteiger partial charge >= 0.3 is 0 Å².